The van der Waals surface area contributed by atoms with Gasteiger partial charge in [0.15, 0.2) is 5.11 Å². The van der Waals surface area contributed by atoms with Gasteiger partial charge in [0.25, 0.3) is 0 Å². The topological polar surface area (TPSA) is 36.4 Å². The molecule has 2 aromatic rings. The van der Waals surface area contributed by atoms with Crippen LogP contribution >= 0.6 is 23.6 Å². The first kappa shape index (κ1) is 14.7. The molecule has 0 spiro atoms. The number of hydrazone groups is 1. The zero-order valence-corrected chi connectivity index (χ0v) is 13.4. The summed E-state index contributed by atoms with van der Waals surface area (Å²) < 4.78 is 0. The molecule has 2 N–H and O–H groups in total. The van der Waals surface area contributed by atoms with Gasteiger partial charge in [-0.05, 0) is 61.6 Å². The molecule has 5 heteroatoms. The number of benzene rings is 1. The van der Waals surface area contributed by atoms with Crippen molar-refractivity contribution in [2.75, 3.05) is 5.32 Å². The molecule has 104 valence electrons. The first-order valence-corrected chi connectivity index (χ1v) is 7.58. The molecule has 0 radical (unpaired) electrons. The number of rotatable bonds is 3. The van der Waals surface area contributed by atoms with Crippen molar-refractivity contribution in [1.82, 2.24) is 5.43 Å². The highest BCUT2D eigenvalue weighted by atomic mass is 32.1. The molecule has 1 heterocycles. The van der Waals surface area contributed by atoms with E-state index in [0.717, 1.165) is 16.3 Å². The molecule has 0 bridgehead atoms. The van der Waals surface area contributed by atoms with Crippen LogP contribution in [-0.4, -0.2) is 10.8 Å². The molecule has 2 rings (SSSR count). The van der Waals surface area contributed by atoms with Crippen molar-refractivity contribution in [1.29, 1.82) is 0 Å². The fraction of sp³-hybridized carbons (Fsp3) is 0.200. The predicted octanol–water partition coefficient (Wildman–Crippen LogP) is 4.08. The number of nitrogens with zero attached hydrogens (tertiary/aromatic N) is 1. The Labute approximate surface area is 128 Å². The van der Waals surface area contributed by atoms with Gasteiger partial charge in [-0.15, -0.1) is 11.3 Å². The van der Waals surface area contributed by atoms with Crippen molar-refractivity contribution < 1.29 is 0 Å². The summed E-state index contributed by atoms with van der Waals surface area (Å²) >= 11 is 6.92. The molecule has 1 aromatic heterocycles. The maximum Gasteiger partial charge on any atom is 0.191 e. The first-order chi connectivity index (χ1) is 9.58. The van der Waals surface area contributed by atoms with Crippen LogP contribution in [0, 0.1) is 13.8 Å². The van der Waals surface area contributed by atoms with Gasteiger partial charge in [0.2, 0.25) is 0 Å². The molecule has 0 atom stereocenters. The number of hydrogen-bond acceptors (Lipinski definition) is 3. The molecule has 0 aliphatic carbocycles. The summed E-state index contributed by atoms with van der Waals surface area (Å²) in [6.45, 7) is 6.11. The average Bonchev–Trinajstić information content (AvgIpc) is 2.95. The van der Waals surface area contributed by atoms with Crippen molar-refractivity contribution >= 4 is 40.1 Å². The molecule has 3 nitrogen and oxygen atoms in total. The van der Waals surface area contributed by atoms with Gasteiger partial charge in [-0.3, -0.25) is 5.43 Å². The van der Waals surface area contributed by atoms with E-state index in [0.29, 0.717) is 5.11 Å². The summed E-state index contributed by atoms with van der Waals surface area (Å²) in [5.74, 6) is 0. The van der Waals surface area contributed by atoms with E-state index < -0.39 is 0 Å². The van der Waals surface area contributed by atoms with E-state index >= 15 is 0 Å². The van der Waals surface area contributed by atoms with Crippen LogP contribution in [0.2, 0.25) is 0 Å². The lowest BCUT2D eigenvalue weighted by molar-refractivity contribution is 1.04. The van der Waals surface area contributed by atoms with E-state index in [2.05, 4.69) is 35.8 Å². The molecule has 20 heavy (non-hydrogen) atoms. The molecule has 1 aromatic carbocycles. The quantitative estimate of drug-likeness (QED) is 0.510. The summed E-state index contributed by atoms with van der Waals surface area (Å²) in [4.78, 5) is 1.13. The Morgan fingerprint density at radius 2 is 2.00 bits per heavy atom. The van der Waals surface area contributed by atoms with Gasteiger partial charge in [0.1, 0.15) is 0 Å². The first-order valence-electron chi connectivity index (χ1n) is 6.29. The molecular weight excluding hydrogens is 286 g/mol. The fourth-order valence-electron chi connectivity index (χ4n) is 1.71. The zero-order valence-electron chi connectivity index (χ0n) is 11.7. The Kier molecular flexibility index (Phi) is 4.87. The normalized spacial score (nSPS) is 11.2. The van der Waals surface area contributed by atoms with Gasteiger partial charge in [-0.2, -0.15) is 5.10 Å². The minimum atomic E-state index is 0.495. The lowest BCUT2D eigenvalue weighted by Crippen LogP contribution is -2.25. The van der Waals surface area contributed by atoms with Gasteiger partial charge < -0.3 is 5.32 Å². The SMILES string of the molecule is C/C(=N/NC(=S)Nc1cccc(C)c1C)c1cccs1. The van der Waals surface area contributed by atoms with E-state index in [1.54, 1.807) is 11.3 Å². The van der Waals surface area contributed by atoms with Crippen molar-refractivity contribution in [3.63, 3.8) is 0 Å². The number of hydrogen-bond donors (Lipinski definition) is 2. The molecule has 0 aliphatic heterocycles. The van der Waals surface area contributed by atoms with Crippen LogP contribution in [-0.2, 0) is 0 Å². The minimum Gasteiger partial charge on any atom is -0.331 e. The van der Waals surface area contributed by atoms with Gasteiger partial charge in [0.05, 0.1) is 5.71 Å². The van der Waals surface area contributed by atoms with E-state index in [4.69, 9.17) is 12.2 Å². The summed E-state index contributed by atoms with van der Waals surface area (Å²) in [6, 6.07) is 10.1. The lowest BCUT2D eigenvalue weighted by Gasteiger charge is -2.11. The van der Waals surface area contributed by atoms with E-state index in [1.165, 1.54) is 11.1 Å². The van der Waals surface area contributed by atoms with Gasteiger partial charge in [-0.1, -0.05) is 18.2 Å². The minimum absolute atomic E-state index is 0.495. The van der Waals surface area contributed by atoms with E-state index in [9.17, 15) is 0 Å². The molecule has 0 aliphatic rings. The van der Waals surface area contributed by atoms with E-state index in [1.807, 2.05) is 36.6 Å². The summed E-state index contributed by atoms with van der Waals surface area (Å²) in [7, 11) is 0. The second-order valence-electron chi connectivity index (χ2n) is 4.49. The van der Waals surface area contributed by atoms with Crippen LogP contribution in [0.4, 0.5) is 5.69 Å². The maximum atomic E-state index is 5.26. The number of anilines is 1. The average molecular weight is 303 g/mol. The van der Waals surface area contributed by atoms with E-state index in [-0.39, 0.29) is 0 Å². The highest BCUT2D eigenvalue weighted by molar-refractivity contribution is 7.80. The Bertz CT molecular complexity index is 631. The van der Waals surface area contributed by atoms with Crippen LogP contribution in [0.3, 0.4) is 0 Å². The molecule has 0 saturated heterocycles. The number of aryl methyl sites for hydroxylation is 1. The number of thiophene rings is 1. The molecule has 0 saturated carbocycles. The second kappa shape index (κ2) is 6.63. The predicted molar refractivity (Wildman–Crippen MR) is 91.8 cm³/mol. The monoisotopic (exact) mass is 303 g/mol. The molecule has 0 fully saturated rings. The molecule has 0 amide bonds. The largest absolute Gasteiger partial charge is 0.331 e. The third-order valence-corrected chi connectivity index (χ3v) is 4.23. The highest BCUT2D eigenvalue weighted by Gasteiger charge is 2.03. The van der Waals surface area contributed by atoms with Crippen molar-refractivity contribution in [3.8, 4) is 0 Å². The van der Waals surface area contributed by atoms with Crippen molar-refractivity contribution in [2.24, 2.45) is 5.10 Å². The van der Waals surface area contributed by atoms with Gasteiger partial charge in [-0.25, -0.2) is 0 Å². The zero-order chi connectivity index (χ0) is 14.5. The van der Waals surface area contributed by atoms with Crippen LogP contribution in [0.1, 0.15) is 22.9 Å². The molecular formula is C15H17N3S2. The number of nitrogens with one attached hydrogen (secondary N) is 2. The fourth-order valence-corrected chi connectivity index (χ4v) is 2.54. The van der Waals surface area contributed by atoms with Crippen LogP contribution in [0.15, 0.2) is 40.8 Å². The second-order valence-corrected chi connectivity index (χ2v) is 5.84. The smallest absolute Gasteiger partial charge is 0.191 e. The van der Waals surface area contributed by atoms with Gasteiger partial charge in [0, 0.05) is 10.6 Å². The van der Waals surface area contributed by atoms with Gasteiger partial charge >= 0.3 is 0 Å². The number of thiocarbonyl (C=S) groups is 1. The van der Waals surface area contributed by atoms with Crippen molar-refractivity contribution in [2.45, 2.75) is 20.8 Å². The third kappa shape index (κ3) is 3.65. The third-order valence-electron chi connectivity index (χ3n) is 3.06. The van der Waals surface area contributed by atoms with Crippen molar-refractivity contribution in [3.05, 3.63) is 51.7 Å². The summed E-state index contributed by atoms with van der Waals surface area (Å²) in [6.07, 6.45) is 0. The summed E-state index contributed by atoms with van der Waals surface area (Å²) in [5.41, 5.74) is 7.23. The lowest BCUT2D eigenvalue weighted by atomic mass is 10.1. The maximum absolute atomic E-state index is 5.26. The summed E-state index contributed by atoms with van der Waals surface area (Å²) in [5, 5.41) is 9.98. The van der Waals surface area contributed by atoms with Crippen LogP contribution in [0.5, 0.6) is 0 Å². The molecule has 0 unspecified atom stereocenters. The Balaban J connectivity index is 1.99. The Hall–Kier alpha value is -1.72. The Morgan fingerprint density at radius 1 is 1.20 bits per heavy atom. The van der Waals surface area contributed by atoms with Crippen LogP contribution < -0.4 is 10.7 Å². The highest BCUT2D eigenvalue weighted by Crippen LogP contribution is 2.17. The standard InChI is InChI=1S/C15H17N3S2/c1-10-6-4-7-13(11(10)2)16-15(19)18-17-12(3)14-8-5-9-20-14/h4-9H,1-3H3,(H2,16,18,19)/b17-12-. The Morgan fingerprint density at radius 3 is 2.70 bits per heavy atom. The van der Waals surface area contributed by atoms with Crippen LogP contribution in [0.25, 0.3) is 0 Å².